The van der Waals surface area contributed by atoms with Crippen LogP contribution in [0, 0.1) is 0 Å². The summed E-state index contributed by atoms with van der Waals surface area (Å²) in [4.78, 5) is 11.2. The molecule has 2 N–H and O–H groups in total. The molecule has 1 aliphatic heterocycles. The third kappa shape index (κ3) is 2.43. The summed E-state index contributed by atoms with van der Waals surface area (Å²) in [5.41, 5.74) is 5.83. The van der Waals surface area contributed by atoms with Crippen LogP contribution in [0.4, 0.5) is 11.6 Å². The standard InChI is InChI=1S/C12H20N4/c1-9(2)12-14-10(13)8-11(15-12)16-6-4-3-5-7-16/h8-9H,3-7H2,1-2H3,(H2,13,14,15). The fourth-order valence-electron chi connectivity index (χ4n) is 2.01. The van der Waals surface area contributed by atoms with E-state index in [2.05, 4.69) is 28.7 Å². The largest absolute Gasteiger partial charge is 0.384 e. The van der Waals surface area contributed by atoms with Gasteiger partial charge in [-0.3, -0.25) is 0 Å². The lowest BCUT2D eigenvalue weighted by Gasteiger charge is -2.28. The van der Waals surface area contributed by atoms with Gasteiger partial charge in [0.25, 0.3) is 0 Å². The molecule has 4 nitrogen and oxygen atoms in total. The topological polar surface area (TPSA) is 55.0 Å². The molecular weight excluding hydrogens is 200 g/mol. The third-order valence-electron chi connectivity index (χ3n) is 2.95. The Morgan fingerprint density at radius 3 is 2.50 bits per heavy atom. The third-order valence-corrected chi connectivity index (χ3v) is 2.95. The molecule has 2 rings (SSSR count). The Hall–Kier alpha value is -1.32. The molecule has 1 fully saturated rings. The van der Waals surface area contributed by atoms with Crippen LogP contribution in [0.25, 0.3) is 0 Å². The highest BCUT2D eigenvalue weighted by Gasteiger charge is 2.14. The van der Waals surface area contributed by atoms with Gasteiger partial charge in [-0.25, -0.2) is 9.97 Å². The maximum Gasteiger partial charge on any atom is 0.135 e. The lowest BCUT2D eigenvalue weighted by Crippen LogP contribution is -2.30. The number of nitrogens with zero attached hydrogens (tertiary/aromatic N) is 3. The first-order valence-corrected chi connectivity index (χ1v) is 6.06. The molecule has 0 aliphatic carbocycles. The summed E-state index contributed by atoms with van der Waals surface area (Å²) in [5.74, 6) is 2.75. The molecule has 1 aromatic heterocycles. The Balaban J connectivity index is 2.25. The summed E-state index contributed by atoms with van der Waals surface area (Å²) in [5, 5.41) is 0. The van der Waals surface area contributed by atoms with Gasteiger partial charge < -0.3 is 10.6 Å². The minimum absolute atomic E-state index is 0.326. The van der Waals surface area contributed by atoms with Crippen molar-refractivity contribution in [1.29, 1.82) is 0 Å². The van der Waals surface area contributed by atoms with Gasteiger partial charge in [-0.05, 0) is 19.3 Å². The number of nitrogens with two attached hydrogens (primary N) is 1. The number of anilines is 2. The summed E-state index contributed by atoms with van der Waals surface area (Å²) >= 11 is 0. The van der Waals surface area contributed by atoms with Gasteiger partial charge in [0.05, 0.1) is 0 Å². The van der Waals surface area contributed by atoms with Gasteiger partial charge in [-0.2, -0.15) is 0 Å². The molecule has 0 spiro atoms. The molecule has 0 atom stereocenters. The van der Waals surface area contributed by atoms with Crippen LogP contribution in [0.2, 0.25) is 0 Å². The van der Waals surface area contributed by atoms with Gasteiger partial charge in [-0.1, -0.05) is 13.8 Å². The lowest BCUT2D eigenvalue weighted by molar-refractivity contribution is 0.571. The van der Waals surface area contributed by atoms with Crippen molar-refractivity contribution < 1.29 is 0 Å². The van der Waals surface area contributed by atoms with Crippen molar-refractivity contribution in [3.63, 3.8) is 0 Å². The second-order valence-corrected chi connectivity index (χ2v) is 4.71. The quantitative estimate of drug-likeness (QED) is 0.830. The Kier molecular flexibility index (Phi) is 3.27. The summed E-state index contributed by atoms with van der Waals surface area (Å²) < 4.78 is 0. The molecule has 16 heavy (non-hydrogen) atoms. The maximum atomic E-state index is 5.83. The van der Waals surface area contributed by atoms with Crippen molar-refractivity contribution in [2.75, 3.05) is 23.7 Å². The molecule has 0 saturated carbocycles. The molecule has 1 aliphatic rings. The predicted octanol–water partition coefficient (Wildman–Crippen LogP) is 2.17. The van der Waals surface area contributed by atoms with Crippen molar-refractivity contribution in [2.24, 2.45) is 0 Å². The number of hydrogen-bond donors (Lipinski definition) is 1. The Morgan fingerprint density at radius 2 is 1.88 bits per heavy atom. The number of nitrogen functional groups attached to an aromatic ring is 1. The lowest BCUT2D eigenvalue weighted by atomic mass is 10.1. The van der Waals surface area contributed by atoms with Crippen molar-refractivity contribution in [2.45, 2.75) is 39.0 Å². The second kappa shape index (κ2) is 4.68. The second-order valence-electron chi connectivity index (χ2n) is 4.71. The Bertz CT molecular complexity index is 356. The van der Waals surface area contributed by atoms with Crippen LogP contribution >= 0.6 is 0 Å². The van der Waals surface area contributed by atoms with Crippen LogP contribution < -0.4 is 10.6 Å². The molecule has 88 valence electrons. The minimum atomic E-state index is 0.326. The first kappa shape index (κ1) is 11.2. The van der Waals surface area contributed by atoms with Gasteiger partial charge >= 0.3 is 0 Å². The minimum Gasteiger partial charge on any atom is -0.384 e. The van der Waals surface area contributed by atoms with E-state index in [9.17, 15) is 0 Å². The average molecular weight is 220 g/mol. The highest BCUT2D eigenvalue weighted by Crippen LogP contribution is 2.21. The van der Waals surface area contributed by atoms with E-state index in [1.54, 1.807) is 0 Å². The molecule has 0 bridgehead atoms. The van der Waals surface area contributed by atoms with Gasteiger partial charge in [0.15, 0.2) is 0 Å². The highest BCUT2D eigenvalue weighted by atomic mass is 15.2. The monoisotopic (exact) mass is 220 g/mol. The van der Waals surface area contributed by atoms with E-state index in [1.807, 2.05) is 6.07 Å². The number of aromatic nitrogens is 2. The van der Waals surface area contributed by atoms with E-state index in [-0.39, 0.29) is 0 Å². The van der Waals surface area contributed by atoms with Crippen molar-refractivity contribution >= 4 is 11.6 Å². The summed E-state index contributed by atoms with van der Waals surface area (Å²) in [7, 11) is 0. The average Bonchev–Trinajstić information content (AvgIpc) is 2.29. The first-order valence-electron chi connectivity index (χ1n) is 6.06. The molecule has 1 saturated heterocycles. The van der Waals surface area contributed by atoms with Crippen molar-refractivity contribution in [3.8, 4) is 0 Å². The highest BCUT2D eigenvalue weighted by molar-refractivity contribution is 5.47. The molecule has 0 aromatic carbocycles. The summed E-state index contributed by atoms with van der Waals surface area (Å²) in [6, 6.07) is 1.89. The fourth-order valence-corrected chi connectivity index (χ4v) is 2.01. The summed E-state index contributed by atoms with van der Waals surface area (Å²) in [6.07, 6.45) is 3.83. The molecule has 0 unspecified atom stereocenters. The molecule has 2 heterocycles. The van der Waals surface area contributed by atoms with E-state index >= 15 is 0 Å². The molecule has 0 radical (unpaired) electrons. The van der Waals surface area contributed by atoms with Crippen LogP contribution in [0.3, 0.4) is 0 Å². The molecule has 0 amide bonds. The van der Waals surface area contributed by atoms with Crippen LogP contribution in [0.1, 0.15) is 44.9 Å². The smallest absolute Gasteiger partial charge is 0.135 e. The van der Waals surface area contributed by atoms with E-state index in [4.69, 9.17) is 5.73 Å². The van der Waals surface area contributed by atoms with Crippen molar-refractivity contribution in [3.05, 3.63) is 11.9 Å². The summed E-state index contributed by atoms with van der Waals surface area (Å²) in [6.45, 7) is 6.37. The SMILES string of the molecule is CC(C)c1nc(N)cc(N2CCCCC2)n1. The zero-order valence-corrected chi connectivity index (χ0v) is 10.1. The van der Waals surface area contributed by atoms with Crippen LogP contribution in [0.15, 0.2) is 6.07 Å². The zero-order chi connectivity index (χ0) is 11.5. The van der Waals surface area contributed by atoms with Gasteiger partial charge in [0.2, 0.25) is 0 Å². The van der Waals surface area contributed by atoms with E-state index in [1.165, 1.54) is 19.3 Å². The normalized spacial score (nSPS) is 16.8. The fraction of sp³-hybridized carbons (Fsp3) is 0.667. The number of rotatable bonds is 2. The molecule has 4 heteroatoms. The predicted molar refractivity (Wildman–Crippen MR) is 66.6 cm³/mol. The number of piperidine rings is 1. The Labute approximate surface area is 96.9 Å². The molecule has 1 aromatic rings. The van der Waals surface area contributed by atoms with E-state index in [0.717, 1.165) is 24.7 Å². The van der Waals surface area contributed by atoms with Crippen LogP contribution in [-0.2, 0) is 0 Å². The van der Waals surface area contributed by atoms with Crippen LogP contribution in [0.5, 0.6) is 0 Å². The van der Waals surface area contributed by atoms with Gasteiger partial charge in [-0.15, -0.1) is 0 Å². The zero-order valence-electron chi connectivity index (χ0n) is 10.1. The first-order chi connectivity index (χ1) is 7.66. The van der Waals surface area contributed by atoms with Gasteiger partial charge in [0.1, 0.15) is 17.5 Å². The molecular formula is C12H20N4. The van der Waals surface area contributed by atoms with E-state index in [0.29, 0.717) is 11.7 Å². The number of hydrogen-bond acceptors (Lipinski definition) is 4. The van der Waals surface area contributed by atoms with Crippen LogP contribution in [-0.4, -0.2) is 23.1 Å². The van der Waals surface area contributed by atoms with E-state index < -0.39 is 0 Å². The Morgan fingerprint density at radius 1 is 1.19 bits per heavy atom. The van der Waals surface area contributed by atoms with Crippen molar-refractivity contribution in [1.82, 2.24) is 9.97 Å². The maximum absolute atomic E-state index is 5.83. The van der Waals surface area contributed by atoms with Gasteiger partial charge in [0, 0.05) is 25.1 Å².